The van der Waals surface area contributed by atoms with Crippen LogP contribution in [0.3, 0.4) is 0 Å². The fraction of sp³-hybridized carbons (Fsp3) is 0.222. The third-order valence-corrected chi connectivity index (χ3v) is 1.79. The summed E-state index contributed by atoms with van der Waals surface area (Å²) in [5, 5.41) is 0. The Morgan fingerprint density at radius 3 is 2.46 bits per heavy atom. The molecular formula is C9H10INO2. The van der Waals surface area contributed by atoms with Crippen LogP contribution in [0.15, 0.2) is 30.3 Å². The molecule has 0 saturated heterocycles. The van der Waals surface area contributed by atoms with Gasteiger partial charge in [-0.25, -0.2) is 4.79 Å². The first-order valence-corrected chi connectivity index (χ1v) is 4.83. The van der Waals surface area contributed by atoms with E-state index in [1.54, 1.807) is 31.2 Å². The van der Waals surface area contributed by atoms with E-state index in [2.05, 4.69) is 0 Å². The molecule has 1 aromatic carbocycles. The quantitative estimate of drug-likeness (QED) is 0.297. The van der Waals surface area contributed by atoms with Gasteiger partial charge in [-0.2, -0.15) is 0 Å². The van der Waals surface area contributed by atoms with Gasteiger partial charge in [0, 0.05) is 0 Å². The lowest BCUT2D eigenvalue weighted by Gasteiger charge is -2.14. The zero-order chi connectivity index (χ0) is 9.90. The number of alkyl halides is 1. The van der Waals surface area contributed by atoms with Crippen molar-refractivity contribution in [1.29, 1.82) is 0 Å². The number of para-hydroxylation sites is 1. The van der Waals surface area contributed by atoms with Crippen molar-refractivity contribution in [2.75, 3.05) is 0 Å². The minimum absolute atomic E-state index is 0.445. The van der Waals surface area contributed by atoms with E-state index >= 15 is 0 Å². The topological polar surface area (TPSA) is 52.3 Å². The van der Waals surface area contributed by atoms with Gasteiger partial charge in [-0.1, -0.05) is 18.2 Å². The summed E-state index contributed by atoms with van der Waals surface area (Å²) in [6.07, 6.45) is 0. The maximum Gasteiger partial charge on any atom is 0.341 e. The zero-order valence-electron chi connectivity index (χ0n) is 7.16. The van der Waals surface area contributed by atoms with Crippen molar-refractivity contribution in [3.05, 3.63) is 30.3 Å². The maximum atomic E-state index is 11.3. The number of hydrogen-bond acceptors (Lipinski definition) is 3. The normalized spacial score (nSPS) is 14.7. The first-order valence-electron chi connectivity index (χ1n) is 3.75. The summed E-state index contributed by atoms with van der Waals surface area (Å²) in [5.74, 6) is 0.0696. The Hall–Kier alpha value is -0.620. The number of nitrogens with two attached hydrogens (primary N) is 1. The number of hydrogen-bond donors (Lipinski definition) is 1. The molecule has 0 aliphatic rings. The lowest BCUT2D eigenvalue weighted by atomic mass is 10.3. The number of benzene rings is 1. The van der Waals surface area contributed by atoms with Gasteiger partial charge in [0.15, 0.2) is 3.55 Å². The van der Waals surface area contributed by atoms with Crippen LogP contribution in [0.5, 0.6) is 5.75 Å². The summed E-state index contributed by atoms with van der Waals surface area (Å²) in [7, 11) is 0. The lowest BCUT2D eigenvalue weighted by Crippen LogP contribution is -2.41. The van der Waals surface area contributed by atoms with Crippen LogP contribution in [0, 0.1) is 0 Å². The molecule has 0 fully saturated rings. The molecule has 2 N–H and O–H groups in total. The molecule has 0 amide bonds. The molecule has 70 valence electrons. The molecule has 0 aliphatic carbocycles. The number of carbonyl (C=O) groups is 1. The second-order valence-electron chi connectivity index (χ2n) is 2.78. The van der Waals surface area contributed by atoms with Crippen LogP contribution in [0.4, 0.5) is 0 Å². The number of esters is 1. The number of ether oxygens (including phenoxy) is 1. The van der Waals surface area contributed by atoms with Gasteiger partial charge in [-0.05, 0) is 41.6 Å². The molecule has 1 rings (SSSR count). The van der Waals surface area contributed by atoms with Gasteiger partial charge in [0.1, 0.15) is 5.75 Å². The van der Waals surface area contributed by atoms with Crippen molar-refractivity contribution in [2.45, 2.75) is 10.5 Å². The molecule has 0 spiro atoms. The summed E-state index contributed by atoms with van der Waals surface area (Å²) in [4.78, 5) is 11.3. The average Bonchev–Trinajstić information content (AvgIpc) is 2.04. The van der Waals surface area contributed by atoms with Crippen LogP contribution in [0.1, 0.15) is 6.92 Å². The van der Waals surface area contributed by atoms with Crippen molar-refractivity contribution in [1.82, 2.24) is 0 Å². The molecule has 0 aromatic heterocycles. The Kier molecular flexibility index (Phi) is 3.27. The minimum Gasteiger partial charge on any atom is -0.425 e. The van der Waals surface area contributed by atoms with Gasteiger partial charge in [0.05, 0.1) is 0 Å². The summed E-state index contributed by atoms with van der Waals surface area (Å²) in [6.45, 7) is 1.60. The highest BCUT2D eigenvalue weighted by atomic mass is 127. The van der Waals surface area contributed by atoms with Gasteiger partial charge < -0.3 is 10.5 Å². The van der Waals surface area contributed by atoms with Crippen LogP contribution >= 0.6 is 22.6 Å². The molecule has 3 nitrogen and oxygen atoms in total. The molecule has 1 atom stereocenters. The van der Waals surface area contributed by atoms with Crippen molar-refractivity contribution in [3.63, 3.8) is 0 Å². The predicted octanol–water partition coefficient (Wildman–Crippen LogP) is 1.70. The Morgan fingerprint density at radius 1 is 1.46 bits per heavy atom. The van der Waals surface area contributed by atoms with Gasteiger partial charge in [-0.3, -0.25) is 0 Å². The molecule has 0 unspecified atom stereocenters. The van der Waals surface area contributed by atoms with E-state index in [1.807, 2.05) is 28.7 Å². The minimum atomic E-state index is -0.979. The van der Waals surface area contributed by atoms with Gasteiger partial charge in [-0.15, -0.1) is 0 Å². The molecule has 0 bridgehead atoms. The smallest absolute Gasteiger partial charge is 0.341 e. The lowest BCUT2D eigenvalue weighted by molar-refractivity contribution is -0.136. The number of halogens is 1. The number of carbonyl (C=O) groups excluding carboxylic acids is 1. The van der Waals surface area contributed by atoms with Gasteiger partial charge in [0.25, 0.3) is 0 Å². The zero-order valence-corrected chi connectivity index (χ0v) is 9.32. The van der Waals surface area contributed by atoms with Crippen molar-refractivity contribution in [3.8, 4) is 5.75 Å². The Labute approximate surface area is 90.4 Å². The SMILES string of the molecule is C[C@@](N)(I)C(=O)Oc1ccccc1. The number of rotatable bonds is 2. The summed E-state index contributed by atoms with van der Waals surface area (Å²) >= 11 is 1.83. The fourth-order valence-corrected chi connectivity index (χ4v) is 0.805. The Morgan fingerprint density at radius 2 is 2.00 bits per heavy atom. The van der Waals surface area contributed by atoms with E-state index in [0.29, 0.717) is 5.75 Å². The van der Waals surface area contributed by atoms with Crippen LogP contribution in [-0.4, -0.2) is 9.51 Å². The predicted molar refractivity (Wildman–Crippen MR) is 58.7 cm³/mol. The van der Waals surface area contributed by atoms with E-state index in [4.69, 9.17) is 10.5 Å². The second-order valence-corrected chi connectivity index (χ2v) is 5.02. The van der Waals surface area contributed by atoms with Gasteiger partial charge >= 0.3 is 5.97 Å². The highest BCUT2D eigenvalue weighted by Crippen LogP contribution is 2.16. The molecule has 13 heavy (non-hydrogen) atoms. The first-order chi connectivity index (χ1) is 6.00. The average molecular weight is 291 g/mol. The van der Waals surface area contributed by atoms with E-state index < -0.39 is 9.51 Å². The van der Waals surface area contributed by atoms with Crippen molar-refractivity contribution >= 4 is 28.6 Å². The van der Waals surface area contributed by atoms with Crippen molar-refractivity contribution in [2.24, 2.45) is 5.73 Å². The summed E-state index contributed by atoms with van der Waals surface area (Å²) in [6, 6.07) is 8.86. The Bertz CT molecular complexity index is 292. The second kappa shape index (κ2) is 4.06. The van der Waals surface area contributed by atoms with Gasteiger partial charge in [0.2, 0.25) is 0 Å². The molecule has 0 radical (unpaired) electrons. The largest absolute Gasteiger partial charge is 0.425 e. The fourth-order valence-electron chi connectivity index (χ4n) is 0.695. The van der Waals surface area contributed by atoms with Crippen molar-refractivity contribution < 1.29 is 9.53 Å². The molecule has 0 aliphatic heterocycles. The van der Waals surface area contributed by atoms with E-state index in [-0.39, 0.29) is 0 Å². The van der Waals surface area contributed by atoms with E-state index in [0.717, 1.165) is 0 Å². The Balaban J connectivity index is 2.66. The first kappa shape index (κ1) is 10.5. The molecule has 1 aromatic rings. The molecular weight excluding hydrogens is 281 g/mol. The third-order valence-electron chi connectivity index (χ3n) is 1.35. The maximum absolute atomic E-state index is 11.3. The summed E-state index contributed by atoms with van der Waals surface area (Å²) in [5.41, 5.74) is 5.54. The third kappa shape index (κ3) is 3.31. The van der Waals surface area contributed by atoms with Crippen LogP contribution < -0.4 is 10.5 Å². The molecule has 0 saturated carbocycles. The highest BCUT2D eigenvalue weighted by molar-refractivity contribution is 14.1. The molecule has 0 heterocycles. The molecule has 4 heteroatoms. The van der Waals surface area contributed by atoms with E-state index in [9.17, 15) is 4.79 Å². The van der Waals surface area contributed by atoms with Crippen LogP contribution in [0.2, 0.25) is 0 Å². The highest BCUT2D eigenvalue weighted by Gasteiger charge is 2.26. The standard InChI is InChI=1S/C9H10INO2/c1-9(10,11)8(12)13-7-5-3-2-4-6-7/h2-6H,11H2,1H3/t9-/m0/s1. The van der Waals surface area contributed by atoms with Crippen LogP contribution in [0.25, 0.3) is 0 Å². The van der Waals surface area contributed by atoms with Crippen LogP contribution in [-0.2, 0) is 4.79 Å². The summed E-state index contributed by atoms with van der Waals surface area (Å²) < 4.78 is 4.03. The van der Waals surface area contributed by atoms with E-state index in [1.165, 1.54) is 0 Å². The monoisotopic (exact) mass is 291 g/mol.